The minimum Gasteiger partial charge on any atom is -0.502 e. The van der Waals surface area contributed by atoms with E-state index < -0.39 is 17.1 Å². The number of rotatable bonds is 9. The molecular formula is C26H28N4O5. The van der Waals surface area contributed by atoms with Gasteiger partial charge in [-0.05, 0) is 11.1 Å². The molecule has 0 bridgehead atoms. The van der Waals surface area contributed by atoms with Crippen LogP contribution < -0.4 is 10.4 Å². The highest BCUT2D eigenvalue weighted by molar-refractivity contribution is 5.96. The molecule has 0 aliphatic carbocycles. The molecule has 2 amide bonds. The molecular weight excluding hydrogens is 448 g/mol. The summed E-state index contributed by atoms with van der Waals surface area (Å²) in [6, 6.07) is 20.5. The Hall–Kier alpha value is -4.11. The number of nitrogens with zero attached hydrogens (tertiary/aromatic N) is 4. The summed E-state index contributed by atoms with van der Waals surface area (Å²) >= 11 is 0. The van der Waals surface area contributed by atoms with Crippen LogP contribution in [-0.2, 0) is 16.1 Å². The number of hydrogen-bond donors (Lipinski definition) is 1. The minimum absolute atomic E-state index is 0.0736. The van der Waals surface area contributed by atoms with Crippen LogP contribution in [0.3, 0.4) is 0 Å². The third-order valence-electron chi connectivity index (χ3n) is 5.99. The van der Waals surface area contributed by atoms with Crippen molar-refractivity contribution in [2.24, 2.45) is 0 Å². The molecule has 0 saturated carbocycles. The van der Waals surface area contributed by atoms with Crippen molar-refractivity contribution in [3.05, 3.63) is 99.5 Å². The fraction of sp³-hybridized carbons (Fsp3) is 0.269. The van der Waals surface area contributed by atoms with Gasteiger partial charge in [-0.3, -0.25) is 19.4 Å². The number of carbonyl (C=O) groups is 2. The Labute approximate surface area is 203 Å². The van der Waals surface area contributed by atoms with E-state index in [1.807, 2.05) is 65.7 Å². The third-order valence-corrected chi connectivity index (χ3v) is 5.99. The van der Waals surface area contributed by atoms with Crippen molar-refractivity contribution in [3.8, 4) is 5.75 Å². The number of amides is 2. The molecule has 0 radical (unpaired) electrons. The van der Waals surface area contributed by atoms with Crippen molar-refractivity contribution in [2.75, 3.05) is 39.0 Å². The Balaban J connectivity index is 1.99. The molecule has 4 rings (SSSR count). The lowest BCUT2D eigenvalue weighted by atomic mass is 9.98. The first kappa shape index (κ1) is 24.0. The highest BCUT2D eigenvalue weighted by atomic mass is 16.5. The number of fused-ring (bicyclic) bond motifs is 1. The summed E-state index contributed by atoms with van der Waals surface area (Å²) < 4.78 is 6.79. The van der Waals surface area contributed by atoms with Crippen molar-refractivity contribution < 1.29 is 19.4 Å². The van der Waals surface area contributed by atoms with E-state index in [1.54, 1.807) is 23.7 Å². The number of ether oxygens (including phenoxy) is 1. The zero-order chi connectivity index (χ0) is 24.9. The molecule has 1 aliphatic rings. The van der Waals surface area contributed by atoms with E-state index in [4.69, 9.17) is 4.74 Å². The predicted molar refractivity (Wildman–Crippen MR) is 131 cm³/mol. The standard InChI is InChI=1S/C26H28N4O5/c1-27(18-31)16-21-15-22(32)25(33)24-26(34)28(13-14-35-2)17-29(30(21)24)23(19-9-5-3-6-10-19)20-11-7-4-8-12-20/h3-12,15,18,23,33H,13-14,16-17H2,1-2H3. The van der Waals surface area contributed by atoms with Gasteiger partial charge in [0.2, 0.25) is 11.8 Å². The molecule has 0 saturated heterocycles. The minimum atomic E-state index is -0.677. The van der Waals surface area contributed by atoms with E-state index in [9.17, 15) is 19.5 Å². The van der Waals surface area contributed by atoms with Crippen molar-refractivity contribution in [1.82, 2.24) is 14.5 Å². The van der Waals surface area contributed by atoms with Crippen LogP contribution in [0.2, 0.25) is 0 Å². The van der Waals surface area contributed by atoms with Crippen LogP contribution in [0.25, 0.3) is 0 Å². The Morgan fingerprint density at radius 2 is 1.66 bits per heavy atom. The topological polar surface area (TPSA) is 95.3 Å². The molecule has 2 aromatic carbocycles. The van der Waals surface area contributed by atoms with Crippen LogP contribution in [0.15, 0.2) is 71.5 Å². The molecule has 1 aromatic heterocycles. The average Bonchev–Trinajstić information content (AvgIpc) is 2.88. The first-order valence-corrected chi connectivity index (χ1v) is 11.2. The lowest BCUT2D eigenvalue weighted by Gasteiger charge is -2.45. The SMILES string of the molecule is COCCN1CN(C(c2ccccc2)c2ccccc2)n2c(CN(C)C=O)cc(=O)c(O)c2C1=O. The zero-order valence-electron chi connectivity index (χ0n) is 19.7. The second-order valence-electron chi connectivity index (χ2n) is 8.40. The summed E-state index contributed by atoms with van der Waals surface area (Å²) in [5.41, 5.74) is 1.51. The lowest BCUT2D eigenvalue weighted by Crippen LogP contribution is -2.57. The van der Waals surface area contributed by atoms with E-state index >= 15 is 0 Å². The zero-order valence-corrected chi connectivity index (χ0v) is 19.7. The van der Waals surface area contributed by atoms with Gasteiger partial charge < -0.3 is 19.6 Å². The quantitative estimate of drug-likeness (QED) is 0.474. The van der Waals surface area contributed by atoms with Gasteiger partial charge >= 0.3 is 0 Å². The molecule has 0 fully saturated rings. The summed E-state index contributed by atoms with van der Waals surface area (Å²) in [5, 5.41) is 12.7. The molecule has 0 atom stereocenters. The van der Waals surface area contributed by atoms with Gasteiger partial charge in [0.25, 0.3) is 5.91 Å². The molecule has 3 aromatic rings. The van der Waals surface area contributed by atoms with Gasteiger partial charge in [0, 0.05) is 26.8 Å². The second kappa shape index (κ2) is 10.4. The van der Waals surface area contributed by atoms with Crippen molar-refractivity contribution in [2.45, 2.75) is 12.6 Å². The Bertz CT molecular complexity index is 1210. The molecule has 1 N–H and O–H groups in total. The molecule has 1 aliphatic heterocycles. The Morgan fingerprint density at radius 1 is 1.06 bits per heavy atom. The van der Waals surface area contributed by atoms with Crippen LogP contribution in [0.1, 0.15) is 33.4 Å². The normalized spacial score (nSPS) is 13.2. The fourth-order valence-corrected chi connectivity index (χ4v) is 4.36. The summed E-state index contributed by atoms with van der Waals surface area (Å²) in [4.78, 5) is 40.5. The number of aromatic hydroxyl groups is 1. The van der Waals surface area contributed by atoms with E-state index in [1.165, 1.54) is 11.0 Å². The van der Waals surface area contributed by atoms with Gasteiger partial charge in [0.1, 0.15) is 6.67 Å². The number of benzene rings is 2. The first-order chi connectivity index (χ1) is 17.0. The van der Waals surface area contributed by atoms with Crippen LogP contribution in [0, 0.1) is 0 Å². The summed E-state index contributed by atoms with van der Waals surface area (Å²) in [6.07, 6.45) is 0.649. The average molecular weight is 477 g/mol. The lowest BCUT2D eigenvalue weighted by molar-refractivity contribution is -0.117. The number of carbonyl (C=O) groups excluding carboxylic acids is 2. The Kier molecular flexibility index (Phi) is 7.17. The summed E-state index contributed by atoms with van der Waals surface area (Å²) in [7, 11) is 3.13. The number of methoxy groups -OCH3 is 1. The second-order valence-corrected chi connectivity index (χ2v) is 8.40. The maximum atomic E-state index is 13.5. The summed E-state index contributed by atoms with van der Waals surface area (Å²) in [5.74, 6) is -1.11. The first-order valence-electron chi connectivity index (χ1n) is 11.2. The maximum absolute atomic E-state index is 13.5. The monoisotopic (exact) mass is 476 g/mol. The number of hydrogen-bond acceptors (Lipinski definition) is 6. The predicted octanol–water partition coefficient (Wildman–Crippen LogP) is 1.93. The summed E-state index contributed by atoms with van der Waals surface area (Å²) in [6.45, 7) is 0.807. The molecule has 9 heteroatoms. The van der Waals surface area contributed by atoms with Gasteiger partial charge in [0.05, 0.1) is 24.9 Å². The molecule has 9 nitrogen and oxygen atoms in total. The molecule has 182 valence electrons. The maximum Gasteiger partial charge on any atom is 0.277 e. The van der Waals surface area contributed by atoms with Gasteiger partial charge in [-0.25, -0.2) is 4.68 Å². The van der Waals surface area contributed by atoms with Gasteiger partial charge in [-0.15, -0.1) is 0 Å². The highest BCUT2D eigenvalue weighted by Gasteiger charge is 2.38. The van der Waals surface area contributed by atoms with Gasteiger partial charge in [-0.2, -0.15) is 0 Å². The van der Waals surface area contributed by atoms with Crippen molar-refractivity contribution in [3.63, 3.8) is 0 Å². The molecule has 0 spiro atoms. The van der Waals surface area contributed by atoms with E-state index in [0.717, 1.165) is 11.1 Å². The molecule has 2 heterocycles. The van der Waals surface area contributed by atoms with Crippen LogP contribution in [-0.4, -0.2) is 65.9 Å². The van der Waals surface area contributed by atoms with Crippen molar-refractivity contribution >= 4 is 12.3 Å². The van der Waals surface area contributed by atoms with Crippen LogP contribution in [0.5, 0.6) is 5.75 Å². The molecule has 35 heavy (non-hydrogen) atoms. The fourth-order valence-electron chi connectivity index (χ4n) is 4.36. The van der Waals surface area contributed by atoms with Crippen molar-refractivity contribution in [1.29, 1.82) is 0 Å². The Morgan fingerprint density at radius 3 is 2.20 bits per heavy atom. The van der Waals surface area contributed by atoms with E-state index in [2.05, 4.69) is 0 Å². The number of pyridine rings is 1. The van der Waals surface area contributed by atoms with E-state index in [-0.39, 0.29) is 31.5 Å². The number of aromatic nitrogens is 1. The van der Waals surface area contributed by atoms with Crippen LogP contribution >= 0.6 is 0 Å². The third kappa shape index (κ3) is 4.76. The van der Waals surface area contributed by atoms with E-state index in [0.29, 0.717) is 18.7 Å². The smallest absolute Gasteiger partial charge is 0.277 e. The molecule has 0 unspecified atom stereocenters. The van der Waals surface area contributed by atoms with Gasteiger partial charge in [-0.1, -0.05) is 60.7 Å². The van der Waals surface area contributed by atoms with Gasteiger partial charge in [0.15, 0.2) is 11.4 Å². The van der Waals surface area contributed by atoms with Crippen LogP contribution in [0.4, 0.5) is 0 Å². The highest BCUT2D eigenvalue weighted by Crippen LogP contribution is 2.33. The largest absolute Gasteiger partial charge is 0.502 e.